The maximum atomic E-state index is 12.2. The van der Waals surface area contributed by atoms with Gasteiger partial charge >= 0.3 is 12.6 Å². The van der Waals surface area contributed by atoms with Gasteiger partial charge in [-0.25, -0.2) is 4.79 Å². The second-order valence-corrected chi connectivity index (χ2v) is 5.07. The summed E-state index contributed by atoms with van der Waals surface area (Å²) in [6.07, 6.45) is 4.45. The van der Waals surface area contributed by atoms with Crippen LogP contribution in [0.4, 0.5) is 8.78 Å². The van der Waals surface area contributed by atoms with Crippen molar-refractivity contribution in [3.8, 4) is 11.5 Å². The van der Waals surface area contributed by atoms with Gasteiger partial charge in [-0.2, -0.15) is 8.78 Å². The summed E-state index contributed by atoms with van der Waals surface area (Å²) in [5.74, 6) is -1.03. The fraction of sp³-hybridized carbons (Fsp3) is 0.375. The van der Waals surface area contributed by atoms with Crippen LogP contribution in [-0.2, 0) is 14.3 Å². The molecule has 0 heterocycles. The van der Waals surface area contributed by atoms with Crippen LogP contribution >= 0.6 is 0 Å². The lowest BCUT2D eigenvalue weighted by molar-refractivity contribution is -0.143. The van der Waals surface area contributed by atoms with Gasteiger partial charge in [0, 0.05) is 12.1 Å². The van der Waals surface area contributed by atoms with Crippen molar-refractivity contribution < 1.29 is 32.6 Å². The number of esters is 1. The number of rotatable bonds is 8. The highest BCUT2D eigenvalue weighted by Crippen LogP contribution is 2.29. The minimum Gasteiger partial charge on any atom is -0.493 e. The molecule has 1 N–H and O–H groups in total. The first-order chi connectivity index (χ1) is 11.5. The smallest absolute Gasteiger partial charge is 0.387 e. The molecule has 2 rings (SSSR count). The molecule has 0 spiro atoms. The normalized spacial score (nSPS) is 13.8. The number of carbonyl (C=O) groups is 2. The van der Waals surface area contributed by atoms with Crippen LogP contribution in [0.3, 0.4) is 0 Å². The molecule has 1 aliphatic carbocycles. The number of hydrogen-bond acceptors (Lipinski definition) is 5. The number of ether oxygens (including phenoxy) is 3. The molecular weight excluding hydrogens is 324 g/mol. The summed E-state index contributed by atoms with van der Waals surface area (Å²) < 4.78 is 38.5. The summed E-state index contributed by atoms with van der Waals surface area (Å²) in [7, 11) is 1.31. The quantitative estimate of drug-likeness (QED) is 0.579. The number of alkyl halides is 2. The Labute approximate surface area is 137 Å². The van der Waals surface area contributed by atoms with E-state index in [0.717, 1.165) is 18.9 Å². The molecule has 0 atom stereocenters. The summed E-state index contributed by atoms with van der Waals surface area (Å²) >= 11 is 0. The van der Waals surface area contributed by atoms with E-state index in [4.69, 9.17) is 9.47 Å². The zero-order valence-electron chi connectivity index (χ0n) is 13.0. The number of halogens is 2. The van der Waals surface area contributed by atoms with Gasteiger partial charge in [0.25, 0.3) is 5.91 Å². The van der Waals surface area contributed by atoms with Gasteiger partial charge in [0.05, 0.1) is 7.11 Å². The Morgan fingerprint density at radius 3 is 2.71 bits per heavy atom. The lowest BCUT2D eigenvalue weighted by Gasteiger charge is -2.10. The zero-order chi connectivity index (χ0) is 17.5. The maximum Gasteiger partial charge on any atom is 0.387 e. The monoisotopic (exact) mass is 341 g/mol. The Hall–Kier alpha value is -2.64. The van der Waals surface area contributed by atoms with Gasteiger partial charge in [-0.1, -0.05) is 6.07 Å². The summed E-state index contributed by atoms with van der Waals surface area (Å²) in [6.45, 7) is -3.30. The highest BCUT2D eigenvalue weighted by atomic mass is 19.3. The van der Waals surface area contributed by atoms with Crippen molar-refractivity contribution in [1.82, 2.24) is 5.32 Å². The first-order valence-corrected chi connectivity index (χ1v) is 7.25. The van der Waals surface area contributed by atoms with Crippen LogP contribution in [0, 0.1) is 0 Å². The van der Waals surface area contributed by atoms with Crippen molar-refractivity contribution in [3.05, 3.63) is 29.8 Å². The summed E-state index contributed by atoms with van der Waals surface area (Å²) in [4.78, 5) is 22.9. The minimum absolute atomic E-state index is 0.106. The molecule has 0 radical (unpaired) electrons. The summed E-state index contributed by atoms with van der Waals surface area (Å²) in [5, 5.41) is 2.69. The third-order valence-electron chi connectivity index (χ3n) is 3.10. The van der Waals surface area contributed by atoms with E-state index >= 15 is 0 Å². The lowest BCUT2D eigenvalue weighted by atomic mass is 10.2. The topological polar surface area (TPSA) is 73.9 Å². The molecule has 1 aromatic carbocycles. The average molecular weight is 341 g/mol. The van der Waals surface area contributed by atoms with Gasteiger partial charge in [-0.05, 0) is 36.6 Å². The Morgan fingerprint density at radius 1 is 1.33 bits per heavy atom. The Morgan fingerprint density at radius 2 is 2.08 bits per heavy atom. The summed E-state index contributed by atoms with van der Waals surface area (Å²) in [5.41, 5.74) is 0.521. The molecule has 6 nitrogen and oxygen atoms in total. The standard InChI is InChI=1S/C16H17F2NO5/c1-22-13-8-10(2-6-12(13)24-16(17)18)3-7-15(21)23-9-14(20)19-11-4-5-11/h2-3,6-8,11,16H,4-5,9H2,1H3,(H,19,20)/b7-3+. The third-order valence-corrected chi connectivity index (χ3v) is 3.10. The Balaban J connectivity index is 1.87. The summed E-state index contributed by atoms with van der Waals surface area (Å²) in [6, 6.07) is 4.41. The largest absolute Gasteiger partial charge is 0.493 e. The molecule has 0 saturated heterocycles. The van der Waals surface area contributed by atoms with Crippen molar-refractivity contribution in [2.24, 2.45) is 0 Å². The van der Waals surface area contributed by atoms with Crippen molar-refractivity contribution >= 4 is 18.0 Å². The number of benzene rings is 1. The molecule has 8 heteroatoms. The van der Waals surface area contributed by atoms with Crippen LogP contribution < -0.4 is 14.8 Å². The van der Waals surface area contributed by atoms with Crippen molar-refractivity contribution in [2.75, 3.05) is 13.7 Å². The molecule has 0 aromatic heterocycles. The molecule has 0 bridgehead atoms. The molecular formula is C16H17F2NO5. The fourth-order valence-electron chi connectivity index (χ4n) is 1.83. The number of amides is 1. The van der Waals surface area contributed by atoms with E-state index < -0.39 is 12.6 Å². The van der Waals surface area contributed by atoms with Crippen LogP contribution in [0.5, 0.6) is 11.5 Å². The SMILES string of the molecule is COc1cc(/C=C/C(=O)OCC(=O)NC2CC2)ccc1OC(F)F. The molecule has 1 fully saturated rings. The number of carbonyl (C=O) groups excluding carboxylic acids is 2. The third kappa shape index (κ3) is 5.86. The van der Waals surface area contributed by atoms with Gasteiger partial charge in [-0.15, -0.1) is 0 Å². The van der Waals surface area contributed by atoms with E-state index in [1.165, 1.54) is 31.4 Å². The van der Waals surface area contributed by atoms with Crippen LogP contribution in [0.1, 0.15) is 18.4 Å². The van der Waals surface area contributed by atoms with Gasteiger partial charge in [0.2, 0.25) is 0 Å². The second-order valence-electron chi connectivity index (χ2n) is 5.07. The van der Waals surface area contributed by atoms with E-state index in [1.807, 2.05) is 0 Å². The van der Waals surface area contributed by atoms with Crippen molar-refractivity contribution in [2.45, 2.75) is 25.5 Å². The molecule has 0 unspecified atom stereocenters. The minimum atomic E-state index is -2.96. The van der Waals surface area contributed by atoms with Gasteiger partial charge in [-0.3, -0.25) is 4.79 Å². The van der Waals surface area contributed by atoms with E-state index in [2.05, 4.69) is 10.1 Å². The first kappa shape index (κ1) is 17.7. The van der Waals surface area contributed by atoms with Crippen LogP contribution in [0.15, 0.2) is 24.3 Å². The van der Waals surface area contributed by atoms with E-state index in [9.17, 15) is 18.4 Å². The zero-order valence-corrected chi connectivity index (χ0v) is 13.0. The molecule has 1 aromatic rings. The highest BCUT2D eigenvalue weighted by molar-refractivity contribution is 5.89. The number of hydrogen-bond donors (Lipinski definition) is 1. The lowest BCUT2D eigenvalue weighted by Crippen LogP contribution is -2.30. The Bertz CT molecular complexity index is 629. The number of nitrogens with one attached hydrogen (secondary N) is 1. The second kappa shape index (κ2) is 8.28. The number of methoxy groups -OCH3 is 1. The van der Waals surface area contributed by atoms with Crippen LogP contribution in [0.25, 0.3) is 6.08 Å². The van der Waals surface area contributed by atoms with Gasteiger partial charge in [0.15, 0.2) is 18.1 Å². The van der Waals surface area contributed by atoms with Gasteiger partial charge in [0.1, 0.15) is 0 Å². The molecule has 0 aliphatic heterocycles. The predicted molar refractivity (Wildman–Crippen MR) is 80.8 cm³/mol. The molecule has 1 aliphatic rings. The maximum absolute atomic E-state index is 12.2. The van der Waals surface area contributed by atoms with Crippen molar-refractivity contribution in [3.63, 3.8) is 0 Å². The highest BCUT2D eigenvalue weighted by Gasteiger charge is 2.23. The Kier molecular flexibility index (Phi) is 6.11. The molecule has 1 saturated carbocycles. The molecule has 130 valence electrons. The molecule has 24 heavy (non-hydrogen) atoms. The van der Waals surface area contributed by atoms with Crippen molar-refractivity contribution in [1.29, 1.82) is 0 Å². The van der Waals surface area contributed by atoms with Crippen LogP contribution in [-0.4, -0.2) is 38.2 Å². The fourth-order valence-corrected chi connectivity index (χ4v) is 1.83. The van der Waals surface area contributed by atoms with Gasteiger partial charge < -0.3 is 19.5 Å². The van der Waals surface area contributed by atoms with Crippen LogP contribution in [0.2, 0.25) is 0 Å². The van der Waals surface area contributed by atoms with E-state index in [0.29, 0.717) is 5.56 Å². The predicted octanol–water partition coefficient (Wildman–Crippen LogP) is 2.13. The van der Waals surface area contributed by atoms with E-state index in [1.54, 1.807) is 0 Å². The average Bonchev–Trinajstić information content (AvgIpc) is 3.35. The first-order valence-electron chi connectivity index (χ1n) is 7.25. The molecule has 1 amide bonds. The van der Waals surface area contributed by atoms with E-state index in [-0.39, 0.29) is 30.1 Å².